The number of carbonyl (C=O) groups excluding carboxylic acids is 2. The molecule has 19 heavy (non-hydrogen) atoms. The van der Waals surface area contributed by atoms with Gasteiger partial charge in [-0.1, -0.05) is 0 Å². The van der Waals surface area contributed by atoms with Crippen LogP contribution in [0.5, 0.6) is 0 Å². The number of hydrogen-bond donors (Lipinski definition) is 0. The number of amides is 2. The zero-order valence-electron chi connectivity index (χ0n) is 11.4. The number of nitrogens with zero attached hydrogens (tertiary/aromatic N) is 2. The summed E-state index contributed by atoms with van der Waals surface area (Å²) in [5, 5.41) is 0. The summed E-state index contributed by atoms with van der Waals surface area (Å²) in [6.07, 6.45) is 1.31. The highest BCUT2D eigenvalue weighted by Crippen LogP contribution is 2.38. The van der Waals surface area contributed by atoms with Crippen molar-refractivity contribution in [2.45, 2.75) is 26.7 Å². The van der Waals surface area contributed by atoms with Crippen molar-refractivity contribution in [3.63, 3.8) is 0 Å². The number of rotatable bonds is 3. The molecule has 0 aliphatic carbocycles. The van der Waals surface area contributed by atoms with Gasteiger partial charge in [-0.15, -0.1) is 0 Å². The van der Waals surface area contributed by atoms with E-state index in [2.05, 4.69) is 0 Å². The van der Waals surface area contributed by atoms with Gasteiger partial charge in [0.25, 0.3) is 5.91 Å². The average molecular weight is 258 g/mol. The van der Waals surface area contributed by atoms with E-state index < -0.39 is 0 Å². The van der Waals surface area contributed by atoms with Gasteiger partial charge < -0.3 is 9.80 Å². The molecule has 1 aromatic rings. The smallest absolute Gasteiger partial charge is 0.253 e. The minimum atomic E-state index is 0.0712. The Labute approximate surface area is 113 Å². The van der Waals surface area contributed by atoms with E-state index in [1.54, 1.807) is 0 Å². The lowest BCUT2D eigenvalue weighted by Crippen LogP contribution is -2.30. The third-order valence-corrected chi connectivity index (χ3v) is 4.08. The lowest BCUT2D eigenvalue weighted by molar-refractivity contribution is -0.117. The second-order valence-corrected chi connectivity index (χ2v) is 5.09. The maximum absolute atomic E-state index is 12.4. The summed E-state index contributed by atoms with van der Waals surface area (Å²) in [6, 6.07) is 3.88. The molecule has 100 valence electrons. The fraction of sp³-hybridized carbons (Fsp3) is 0.467. The molecule has 0 N–H and O–H groups in total. The number of anilines is 1. The van der Waals surface area contributed by atoms with Crippen LogP contribution in [0.2, 0.25) is 0 Å². The third-order valence-electron chi connectivity index (χ3n) is 4.08. The molecule has 0 saturated heterocycles. The molecule has 4 heteroatoms. The van der Waals surface area contributed by atoms with E-state index in [0.29, 0.717) is 19.5 Å². The van der Waals surface area contributed by atoms with Crippen LogP contribution in [0.4, 0.5) is 5.69 Å². The lowest BCUT2D eigenvalue weighted by Gasteiger charge is -2.19. The molecule has 0 spiro atoms. The molecule has 3 rings (SSSR count). The van der Waals surface area contributed by atoms with Crippen LogP contribution in [0.1, 0.15) is 35.3 Å². The third kappa shape index (κ3) is 1.74. The highest BCUT2D eigenvalue weighted by Gasteiger charge is 2.34. The van der Waals surface area contributed by atoms with Gasteiger partial charge in [-0.25, -0.2) is 0 Å². The van der Waals surface area contributed by atoms with Gasteiger partial charge in [0, 0.05) is 25.2 Å². The largest absolute Gasteiger partial charge is 0.339 e. The first kappa shape index (κ1) is 12.2. The van der Waals surface area contributed by atoms with Crippen LogP contribution in [0.3, 0.4) is 0 Å². The van der Waals surface area contributed by atoms with Gasteiger partial charge in [-0.2, -0.15) is 0 Å². The molecule has 0 fully saturated rings. The second-order valence-electron chi connectivity index (χ2n) is 5.09. The van der Waals surface area contributed by atoms with Crippen LogP contribution in [-0.2, 0) is 17.6 Å². The van der Waals surface area contributed by atoms with Gasteiger partial charge >= 0.3 is 0 Å². The average Bonchev–Trinajstić information content (AvgIpc) is 2.96. The molecule has 2 amide bonds. The molecule has 1 aromatic carbocycles. The van der Waals surface area contributed by atoms with Crippen LogP contribution in [-0.4, -0.2) is 36.3 Å². The molecule has 0 aromatic heterocycles. The first-order valence-electron chi connectivity index (χ1n) is 6.91. The van der Waals surface area contributed by atoms with E-state index in [0.717, 1.165) is 35.3 Å². The Kier molecular flexibility index (Phi) is 2.81. The van der Waals surface area contributed by atoms with Gasteiger partial charge in [-0.3, -0.25) is 9.59 Å². The minimum absolute atomic E-state index is 0.0712. The summed E-state index contributed by atoms with van der Waals surface area (Å²) in [5.41, 5.74) is 3.98. The summed E-state index contributed by atoms with van der Waals surface area (Å²) < 4.78 is 0. The molecule has 0 unspecified atom stereocenters. The van der Waals surface area contributed by atoms with Crippen molar-refractivity contribution in [2.75, 3.05) is 24.5 Å². The van der Waals surface area contributed by atoms with Gasteiger partial charge in [0.2, 0.25) is 5.91 Å². The topological polar surface area (TPSA) is 40.6 Å². The van der Waals surface area contributed by atoms with Crippen molar-refractivity contribution in [2.24, 2.45) is 0 Å². The Hall–Kier alpha value is -1.84. The normalized spacial score (nSPS) is 15.9. The first-order chi connectivity index (χ1) is 9.15. The van der Waals surface area contributed by atoms with Crippen LogP contribution in [0.25, 0.3) is 0 Å². The van der Waals surface area contributed by atoms with Gasteiger partial charge in [0.05, 0.1) is 12.1 Å². The quantitative estimate of drug-likeness (QED) is 0.826. The molecular formula is C15H18N2O2. The van der Waals surface area contributed by atoms with Crippen LogP contribution < -0.4 is 4.90 Å². The molecular weight excluding hydrogens is 240 g/mol. The molecule has 0 atom stereocenters. The Balaban J connectivity index is 2.01. The van der Waals surface area contributed by atoms with Crippen molar-refractivity contribution < 1.29 is 9.59 Å². The summed E-state index contributed by atoms with van der Waals surface area (Å²) in [6.45, 7) is 6.17. The number of hydrogen-bond acceptors (Lipinski definition) is 2. The molecule has 0 bridgehead atoms. The van der Waals surface area contributed by atoms with E-state index in [1.165, 1.54) is 0 Å². The van der Waals surface area contributed by atoms with Crippen LogP contribution in [0, 0.1) is 0 Å². The van der Waals surface area contributed by atoms with Gasteiger partial charge in [0.1, 0.15) is 0 Å². The van der Waals surface area contributed by atoms with Crippen molar-refractivity contribution in [1.82, 2.24) is 4.90 Å². The Morgan fingerprint density at radius 2 is 1.95 bits per heavy atom. The first-order valence-corrected chi connectivity index (χ1v) is 6.91. The number of benzene rings is 1. The Morgan fingerprint density at radius 3 is 2.63 bits per heavy atom. The summed E-state index contributed by atoms with van der Waals surface area (Å²) in [7, 11) is 0. The predicted octanol–water partition coefficient (Wildman–Crippen LogP) is 1.61. The Morgan fingerprint density at radius 1 is 1.26 bits per heavy atom. The van der Waals surface area contributed by atoms with E-state index in [-0.39, 0.29) is 11.8 Å². The van der Waals surface area contributed by atoms with Crippen molar-refractivity contribution >= 4 is 17.5 Å². The van der Waals surface area contributed by atoms with E-state index in [9.17, 15) is 9.59 Å². The maximum Gasteiger partial charge on any atom is 0.253 e. The highest BCUT2D eigenvalue weighted by atomic mass is 16.2. The van der Waals surface area contributed by atoms with Gasteiger partial charge in [-0.05, 0) is 43.5 Å². The van der Waals surface area contributed by atoms with Gasteiger partial charge in [0.15, 0.2) is 0 Å². The van der Waals surface area contributed by atoms with E-state index in [1.807, 2.05) is 35.8 Å². The standard InChI is InChI=1S/C15H18N2O2/c1-3-16(4-2)15(19)12-7-10-5-6-17-13(18)9-11(8-12)14(10)17/h7-8H,3-6,9H2,1-2H3. The predicted molar refractivity (Wildman–Crippen MR) is 73.5 cm³/mol. The zero-order valence-corrected chi connectivity index (χ0v) is 11.4. The fourth-order valence-corrected chi connectivity index (χ4v) is 3.10. The van der Waals surface area contributed by atoms with E-state index >= 15 is 0 Å². The fourth-order valence-electron chi connectivity index (χ4n) is 3.10. The van der Waals surface area contributed by atoms with Crippen molar-refractivity contribution in [3.8, 4) is 0 Å². The molecule has 0 saturated carbocycles. The molecule has 2 aliphatic heterocycles. The minimum Gasteiger partial charge on any atom is -0.339 e. The summed E-state index contributed by atoms with van der Waals surface area (Å²) in [5.74, 6) is 0.239. The second kappa shape index (κ2) is 4.37. The van der Waals surface area contributed by atoms with Crippen LogP contribution in [0.15, 0.2) is 12.1 Å². The van der Waals surface area contributed by atoms with Crippen molar-refractivity contribution in [3.05, 3.63) is 28.8 Å². The highest BCUT2D eigenvalue weighted by molar-refractivity contribution is 6.05. The molecule has 4 nitrogen and oxygen atoms in total. The monoisotopic (exact) mass is 258 g/mol. The van der Waals surface area contributed by atoms with Crippen molar-refractivity contribution in [1.29, 1.82) is 0 Å². The number of carbonyl (C=O) groups is 2. The molecule has 2 heterocycles. The molecule has 0 radical (unpaired) electrons. The lowest BCUT2D eigenvalue weighted by atomic mass is 10.0. The zero-order chi connectivity index (χ0) is 13.6. The summed E-state index contributed by atoms with van der Waals surface area (Å²) in [4.78, 5) is 27.9. The SMILES string of the molecule is CCN(CC)C(=O)c1cc2c3c(c1)CC(=O)N3CC2. The maximum atomic E-state index is 12.4. The van der Waals surface area contributed by atoms with Crippen LogP contribution >= 0.6 is 0 Å². The molecule has 2 aliphatic rings. The summed E-state index contributed by atoms with van der Waals surface area (Å²) >= 11 is 0. The van der Waals surface area contributed by atoms with E-state index in [4.69, 9.17) is 0 Å². The Bertz CT molecular complexity index is 562.